The molecule has 116 valence electrons. The van der Waals surface area contributed by atoms with Crippen molar-refractivity contribution in [3.05, 3.63) is 30.1 Å². The van der Waals surface area contributed by atoms with Gasteiger partial charge in [-0.3, -0.25) is 4.79 Å². The van der Waals surface area contributed by atoms with E-state index in [1.54, 1.807) is 0 Å². The van der Waals surface area contributed by atoms with Crippen molar-refractivity contribution in [2.45, 2.75) is 31.8 Å². The third kappa shape index (κ3) is 3.48. The zero-order chi connectivity index (χ0) is 13.5. The van der Waals surface area contributed by atoms with Gasteiger partial charge in [0.25, 0.3) is 0 Å². The Morgan fingerprint density at radius 3 is 2.71 bits per heavy atom. The Labute approximate surface area is 136 Å². The second kappa shape index (κ2) is 6.64. The molecule has 2 aromatic rings. The van der Waals surface area contributed by atoms with E-state index in [0.29, 0.717) is 13.1 Å². The van der Waals surface area contributed by atoms with Crippen molar-refractivity contribution >= 4 is 41.8 Å². The number of fused-ring (bicyclic) bond motifs is 1. The summed E-state index contributed by atoms with van der Waals surface area (Å²) in [5.74, 6) is 0.930. The summed E-state index contributed by atoms with van der Waals surface area (Å²) >= 11 is 0. The molecule has 1 amide bonds. The number of nitrogens with zero attached hydrogens (tertiary/aromatic N) is 2. The lowest BCUT2D eigenvalue weighted by Crippen LogP contribution is -2.43. The molecule has 3 rings (SSSR count). The maximum Gasteiger partial charge on any atom is 0.240 e. The van der Waals surface area contributed by atoms with Crippen molar-refractivity contribution in [2.24, 2.45) is 5.73 Å². The number of halogens is 2. The number of nitrogens with one attached hydrogen (secondary N) is 1. The smallest absolute Gasteiger partial charge is 0.240 e. The Morgan fingerprint density at radius 1 is 1.38 bits per heavy atom. The highest BCUT2D eigenvalue weighted by molar-refractivity contribution is 5.89. The van der Waals surface area contributed by atoms with Crippen molar-refractivity contribution in [1.82, 2.24) is 14.9 Å². The molecule has 0 spiro atoms. The van der Waals surface area contributed by atoms with Gasteiger partial charge in [0.1, 0.15) is 5.82 Å². The van der Waals surface area contributed by atoms with Gasteiger partial charge >= 0.3 is 0 Å². The number of carbonyl (C=O) groups excluding carboxylic acids is 1. The minimum Gasteiger partial charge on any atom is -0.353 e. The van der Waals surface area contributed by atoms with Gasteiger partial charge in [0.15, 0.2) is 0 Å². The Bertz CT molecular complexity index is 637. The standard InChI is InChI=1S/C14H18N4O.2ClH/c1-10-17-11-4-2-3-5-12(11)18(10)9-8-16-13(19)14(15)6-7-14;;/h2-5H,6-9,15H2,1H3,(H,16,19);2*1H. The molecule has 1 aliphatic rings. The van der Waals surface area contributed by atoms with Crippen molar-refractivity contribution < 1.29 is 4.79 Å². The van der Waals surface area contributed by atoms with Crippen LogP contribution in [-0.2, 0) is 11.3 Å². The Balaban J connectivity index is 0.00000110. The Morgan fingerprint density at radius 2 is 2.05 bits per heavy atom. The summed E-state index contributed by atoms with van der Waals surface area (Å²) < 4.78 is 2.12. The van der Waals surface area contributed by atoms with Crippen LogP contribution in [0, 0.1) is 6.92 Å². The first-order valence-electron chi connectivity index (χ1n) is 6.59. The van der Waals surface area contributed by atoms with E-state index in [4.69, 9.17) is 5.73 Å². The summed E-state index contributed by atoms with van der Waals surface area (Å²) in [6, 6.07) is 8.02. The molecule has 1 aromatic carbocycles. The van der Waals surface area contributed by atoms with Gasteiger partial charge in [-0.2, -0.15) is 0 Å². The monoisotopic (exact) mass is 330 g/mol. The number of benzene rings is 1. The highest BCUT2D eigenvalue weighted by atomic mass is 35.5. The van der Waals surface area contributed by atoms with Gasteiger partial charge in [0.05, 0.1) is 16.6 Å². The molecule has 1 saturated carbocycles. The third-order valence-electron chi connectivity index (χ3n) is 3.71. The van der Waals surface area contributed by atoms with E-state index in [1.807, 2.05) is 31.2 Å². The normalized spacial score (nSPS) is 15.0. The van der Waals surface area contributed by atoms with Crippen molar-refractivity contribution in [2.75, 3.05) is 6.54 Å². The number of carbonyl (C=O) groups is 1. The fraction of sp³-hybridized carbons (Fsp3) is 0.429. The van der Waals surface area contributed by atoms with Crippen LogP contribution in [0.25, 0.3) is 11.0 Å². The molecule has 7 heteroatoms. The second-order valence-electron chi connectivity index (χ2n) is 5.21. The number of para-hydroxylation sites is 2. The van der Waals surface area contributed by atoms with Crippen LogP contribution in [0.2, 0.25) is 0 Å². The third-order valence-corrected chi connectivity index (χ3v) is 3.71. The molecule has 1 aliphatic carbocycles. The van der Waals surface area contributed by atoms with Crippen LogP contribution in [0.15, 0.2) is 24.3 Å². The highest BCUT2D eigenvalue weighted by Gasteiger charge is 2.45. The van der Waals surface area contributed by atoms with Gasteiger partial charge in [-0.25, -0.2) is 4.98 Å². The number of rotatable bonds is 4. The predicted molar refractivity (Wildman–Crippen MR) is 88.1 cm³/mol. The molecule has 0 aliphatic heterocycles. The first-order valence-corrected chi connectivity index (χ1v) is 6.59. The van der Waals surface area contributed by atoms with E-state index in [1.165, 1.54) is 0 Å². The minimum atomic E-state index is -0.591. The lowest BCUT2D eigenvalue weighted by molar-refractivity contribution is -0.123. The lowest BCUT2D eigenvalue weighted by atomic mass is 10.3. The van der Waals surface area contributed by atoms with Gasteiger partial charge in [0.2, 0.25) is 5.91 Å². The quantitative estimate of drug-likeness (QED) is 0.897. The van der Waals surface area contributed by atoms with Crippen molar-refractivity contribution in [3.8, 4) is 0 Å². The summed E-state index contributed by atoms with van der Waals surface area (Å²) in [5, 5.41) is 2.90. The lowest BCUT2D eigenvalue weighted by Gasteiger charge is -2.11. The molecule has 1 heterocycles. The SMILES string of the molecule is Cc1nc2ccccc2n1CCNC(=O)C1(N)CC1.Cl.Cl. The summed E-state index contributed by atoms with van der Waals surface area (Å²) in [6.45, 7) is 3.28. The van der Waals surface area contributed by atoms with Crippen LogP contribution in [0.4, 0.5) is 0 Å². The average Bonchev–Trinajstić information content (AvgIpc) is 3.07. The van der Waals surface area contributed by atoms with Crippen LogP contribution in [0.5, 0.6) is 0 Å². The Kier molecular flexibility index (Phi) is 5.61. The van der Waals surface area contributed by atoms with E-state index in [9.17, 15) is 4.79 Å². The van der Waals surface area contributed by atoms with Gasteiger partial charge in [0, 0.05) is 13.1 Å². The fourth-order valence-electron chi connectivity index (χ4n) is 2.30. The molecular formula is C14H20Cl2N4O. The molecule has 0 bridgehead atoms. The number of imidazole rings is 1. The molecule has 1 fully saturated rings. The summed E-state index contributed by atoms with van der Waals surface area (Å²) in [7, 11) is 0. The zero-order valence-corrected chi connectivity index (χ0v) is 13.5. The highest BCUT2D eigenvalue weighted by Crippen LogP contribution is 2.31. The molecule has 0 radical (unpaired) electrons. The molecule has 0 unspecified atom stereocenters. The second-order valence-corrected chi connectivity index (χ2v) is 5.21. The molecular weight excluding hydrogens is 311 g/mol. The number of nitrogens with two attached hydrogens (primary N) is 1. The zero-order valence-electron chi connectivity index (χ0n) is 11.8. The molecule has 0 atom stereocenters. The van der Waals surface area contributed by atoms with Crippen LogP contribution >= 0.6 is 24.8 Å². The average molecular weight is 331 g/mol. The number of aromatic nitrogens is 2. The number of hydrogen-bond acceptors (Lipinski definition) is 3. The maximum atomic E-state index is 11.7. The maximum absolute atomic E-state index is 11.7. The largest absolute Gasteiger partial charge is 0.353 e. The van der Waals surface area contributed by atoms with Crippen molar-refractivity contribution in [1.29, 1.82) is 0 Å². The summed E-state index contributed by atoms with van der Waals surface area (Å²) in [5.41, 5.74) is 7.34. The minimum absolute atomic E-state index is 0. The predicted octanol–water partition coefficient (Wildman–Crippen LogP) is 1.80. The Hall–Kier alpha value is -1.30. The summed E-state index contributed by atoms with van der Waals surface area (Å²) in [6.07, 6.45) is 1.59. The molecule has 0 saturated heterocycles. The topological polar surface area (TPSA) is 72.9 Å². The first-order chi connectivity index (χ1) is 9.10. The number of amides is 1. The van der Waals surface area contributed by atoms with Crippen LogP contribution in [0.3, 0.4) is 0 Å². The van der Waals surface area contributed by atoms with Gasteiger partial charge < -0.3 is 15.6 Å². The van der Waals surface area contributed by atoms with E-state index in [-0.39, 0.29) is 30.7 Å². The van der Waals surface area contributed by atoms with E-state index in [0.717, 1.165) is 29.7 Å². The van der Waals surface area contributed by atoms with Crippen molar-refractivity contribution in [3.63, 3.8) is 0 Å². The van der Waals surface area contributed by atoms with Crippen LogP contribution in [0.1, 0.15) is 18.7 Å². The van der Waals surface area contributed by atoms with E-state index >= 15 is 0 Å². The van der Waals surface area contributed by atoms with Gasteiger partial charge in [-0.05, 0) is 31.9 Å². The van der Waals surface area contributed by atoms with Crippen LogP contribution in [-0.4, -0.2) is 27.5 Å². The molecule has 21 heavy (non-hydrogen) atoms. The van der Waals surface area contributed by atoms with Crippen LogP contribution < -0.4 is 11.1 Å². The molecule has 5 nitrogen and oxygen atoms in total. The van der Waals surface area contributed by atoms with Gasteiger partial charge in [-0.15, -0.1) is 24.8 Å². The first kappa shape index (κ1) is 17.8. The summed E-state index contributed by atoms with van der Waals surface area (Å²) in [4.78, 5) is 16.2. The number of hydrogen-bond donors (Lipinski definition) is 2. The van der Waals surface area contributed by atoms with E-state index < -0.39 is 5.54 Å². The molecule has 1 aromatic heterocycles. The molecule has 3 N–H and O–H groups in total. The fourth-order valence-corrected chi connectivity index (χ4v) is 2.30. The number of aryl methyl sites for hydroxylation is 1. The van der Waals surface area contributed by atoms with Gasteiger partial charge in [-0.1, -0.05) is 12.1 Å². The van der Waals surface area contributed by atoms with E-state index in [2.05, 4.69) is 14.9 Å².